The first-order valence-electron chi connectivity index (χ1n) is 9.12. The van der Waals surface area contributed by atoms with Crippen molar-refractivity contribution in [1.82, 2.24) is 5.32 Å². The fourth-order valence-corrected chi connectivity index (χ4v) is 2.88. The number of ether oxygens (including phenoxy) is 1. The molecule has 8 nitrogen and oxygen atoms in total. The Morgan fingerprint density at radius 1 is 1.14 bits per heavy atom. The van der Waals surface area contributed by atoms with Crippen molar-refractivity contribution >= 4 is 35.1 Å². The molecule has 0 fully saturated rings. The van der Waals surface area contributed by atoms with Crippen molar-refractivity contribution in [2.75, 3.05) is 17.2 Å². The molecule has 0 bridgehead atoms. The van der Waals surface area contributed by atoms with Crippen LogP contribution in [0.15, 0.2) is 48.5 Å². The summed E-state index contributed by atoms with van der Waals surface area (Å²) >= 11 is 0. The van der Waals surface area contributed by atoms with Gasteiger partial charge in [-0.25, -0.2) is 9.59 Å². The van der Waals surface area contributed by atoms with Gasteiger partial charge < -0.3 is 20.7 Å². The lowest BCUT2D eigenvalue weighted by atomic mass is 9.99. The van der Waals surface area contributed by atoms with Crippen molar-refractivity contribution < 1.29 is 23.9 Å². The molecule has 0 radical (unpaired) electrons. The largest absolute Gasteiger partial charge is 0.456 e. The van der Waals surface area contributed by atoms with E-state index in [1.807, 2.05) is 6.07 Å². The number of fused-ring (bicyclic) bond motifs is 1. The van der Waals surface area contributed by atoms with E-state index >= 15 is 0 Å². The number of para-hydroxylation sites is 1. The molecule has 2 aromatic carbocycles. The predicted molar refractivity (Wildman–Crippen MR) is 107 cm³/mol. The fourth-order valence-electron chi connectivity index (χ4n) is 2.88. The Hall–Kier alpha value is -3.68. The zero-order valence-corrected chi connectivity index (χ0v) is 16.0. The van der Waals surface area contributed by atoms with Gasteiger partial charge in [0.2, 0.25) is 5.91 Å². The molecule has 1 heterocycles. The van der Waals surface area contributed by atoms with Crippen molar-refractivity contribution in [3.05, 3.63) is 59.7 Å². The van der Waals surface area contributed by atoms with Crippen LogP contribution in [0.2, 0.25) is 0 Å². The van der Waals surface area contributed by atoms with E-state index in [4.69, 9.17) is 4.74 Å². The van der Waals surface area contributed by atoms with Crippen LogP contribution in [0, 0.1) is 0 Å². The van der Waals surface area contributed by atoms with Crippen LogP contribution in [0.5, 0.6) is 0 Å². The average molecular weight is 395 g/mol. The SMILES string of the molecule is C[C@H](NC(=O)Nc1ccccc1)C(=O)OCC(=O)c1ccc2c(c1)[C@@H](C)C(=O)N2. The monoisotopic (exact) mass is 395 g/mol. The van der Waals surface area contributed by atoms with Gasteiger partial charge in [-0.05, 0) is 49.7 Å². The Morgan fingerprint density at radius 3 is 2.59 bits per heavy atom. The first-order chi connectivity index (χ1) is 13.8. The van der Waals surface area contributed by atoms with Gasteiger partial charge in [-0.1, -0.05) is 18.2 Å². The Morgan fingerprint density at radius 2 is 1.86 bits per heavy atom. The van der Waals surface area contributed by atoms with E-state index in [0.29, 0.717) is 16.9 Å². The number of carbonyl (C=O) groups is 4. The highest BCUT2D eigenvalue weighted by Gasteiger charge is 2.27. The summed E-state index contributed by atoms with van der Waals surface area (Å²) in [6, 6.07) is 12.1. The number of anilines is 2. The molecule has 2 aromatic rings. The maximum atomic E-state index is 12.3. The highest BCUT2D eigenvalue weighted by Crippen LogP contribution is 2.32. The van der Waals surface area contributed by atoms with E-state index in [-0.39, 0.29) is 11.8 Å². The lowest BCUT2D eigenvalue weighted by molar-refractivity contribution is -0.144. The van der Waals surface area contributed by atoms with Gasteiger partial charge in [-0.3, -0.25) is 9.59 Å². The van der Waals surface area contributed by atoms with Crippen molar-refractivity contribution in [2.24, 2.45) is 0 Å². The van der Waals surface area contributed by atoms with Gasteiger partial charge in [0.25, 0.3) is 0 Å². The van der Waals surface area contributed by atoms with Gasteiger partial charge >= 0.3 is 12.0 Å². The standard InChI is InChI=1S/C21H21N3O5/c1-12-16-10-14(8-9-17(16)24-19(12)26)18(25)11-29-20(27)13(2)22-21(28)23-15-6-4-3-5-7-15/h3-10,12-13H,11H2,1-2H3,(H,24,26)(H2,22,23,28)/t12-,13+/m1/s1. The van der Waals surface area contributed by atoms with Gasteiger partial charge in [-0.2, -0.15) is 0 Å². The van der Waals surface area contributed by atoms with E-state index in [9.17, 15) is 19.2 Å². The van der Waals surface area contributed by atoms with Crippen molar-refractivity contribution in [3.8, 4) is 0 Å². The number of amides is 3. The second-order valence-electron chi connectivity index (χ2n) is 6.73. The number of Topliss-reactive ketones (excluding diaryl/α,β-unsaturated/α-hetero) is 1. The Bertz CT molecular complexity index is 958. The third-order valence-electron chi connectivity index (χ3n) is 4.57. The molecule has 0 spiro atoms. The Kier molecular flexibility index (Phi) is 5.92. The van der Waals surface area contributed by atoms with Crippen LogP contribution < -0.4 is 16.0 Å². The molecular formula is C21H21N3O5. The topological polar surface area (TPSA) is 114 Å². The number of benzene rings is 2. The van der Waals surface area contributed by atoms with Crippen LogP contribution >= 0.6 is 0 Å². The summed E-state index contributed by atoms with van der Waals surface area (Å²) in [5.74, 6) is -1.58. The first kappa shape index (κ1) is 20.1. The number of nitrogens with one attached hydrogen (secondary N) is 3. The van der Waals surface area contributed by atoms with Gasteiger partial charge in [0, 0.05) is 16.9 Å². The summed E-state index contributed by atoms with van der Waals surface area (Å²) in [6.07, 6.45) is 0. The number of ketones is 1. The van der Waals surface area contributed by atoms with Crippen LogP contribution in [-0.2, 0) is 14.3 Å². The molecule has 1 aliphatic heterocycles. The smallest absolute Gasteiger partial charge is 0.328 e. The number of urea groups is 1. The van der Waals surface area contributed by atoms with Crippen LogP contribution in [0.1, 0.15) is 35.7 Å². The maximum absolute atomic E-state index is 12.3. The zero-order valence-electron chi connectivity index (χ0n) is 16.0. The highest BCUT2D eigenvalue weighted by atomic mass is 16.5. The van der Waals surface area contributed by atoms with Crippen molar-refractivity contribution in [2.45, 2.75) is 25.8 Å². The number of esters is 1. The molecule has 3 amide bonds. The average Bonchev–Trinajstić information content (AvgIpc) is 2.99. The van der Waals surface area contributed by atoms with E-state index in [1.54, 1.807) is 49.4 Å². The predicted octanol–water partition coefficient (Wildman–Crippen LogP) is 2.68. The number of carbonyl (C=O) groups excluding carboxylic acids is 4. The van der Waals surface area contributed by atoms with Gasteiger partial charge in [-0.15, -0.1) is 0 Å². The van der Waals surface area contributed by atoms with Gasteiger partial charge in [0.15, 0.2) is 12.4 Å². The molecule has 0 saturated carbocycles. The van der Waals surface area contributed by atoms with Crippen LogP contribution in [-0.4, -0.2) is 36.3 Å². The van der Waals surface area contributed by atoms with E-state index in [1.165, 1.54) is 6.92 Å². The van der Waals surface area contributed by atoms with Crippen LogP contribution in [0.3, 0.4) is 0 Å². The third-order valence-corrected chi connectivity index (χ3v) is 4.57. The number of rotatable bonds is 6. The number of hydrogen-bond donors (Lipinski definition) is 3. The Labute approximate surface area is 167 Å². The van der Waals surface area contributed by atoms with Crippen molar-refractivity contribution in [3.63, 3.8) is 0 Å². The minimum atomic E-state index is -0.937. The molecule has 0 aromatic heterocycles. The summed E-state index contributed by atoms with van der Waals surface area (Å²) in [7, 11) is 0. The van der Waals surface area contributed by atoms with Crippen molar-refractivity contribution in [1.29, 1.82) is 0 Å². The summed E-state index contributed by atoms with van der Waals surface area (Å²) in [5, 5.41) is 7.78. The lowest BCUT2D eigenvalue weighted by Crippen LogP contribution is -2.42. The first-order valence-corrected chi connectivity index (χ1v) is 9.12. The molecule has 3 N–H and O–H groups in total. The quantitative estimate of drug-likeness (QED) is 0.514. The molecule has 150 valence electrons. The summed E-state index contributed by atoms with van der Waals surface area (Å²) in [4.78, 5) is 48.0. The fraction of sp³-hybridized carbons (Fsp3) is 0.238. The molecule has 0 saturated heterocycles. The highest BCUT2D eigenvalue weighted by molar-refractivity contribution is 6.05. The Balaban J connectivity index is 1.50. The second kappa shape index (κ2) is 8.55. The molecule has 0 unspecified atom stereocenters. The second-order valence-corrected chi connectivity index (χ2v) is 6.73. The number of hydrogen-bond acceptors (Lipinski definition) is 5. The lowest BCUT2D eigenvalue weighted by Gasteiger charge is -2.14. The maximum Gasteiger partial charge on any atom is 0.328 e. The van der Waals surface area contributed by atoms with Gasteiger partial charge in [0.05, 0.1) is 5.92 Å². The van der Waals surface area contributed by atoms with Gasteiger partial charge in [0.1, 0.15) is 6.04 Å². The molecule has 3 rings (SSSR count). The molecular weight excluding hydrogens is 374 g/mol. The molecule has 8 heteroatoms. The summed E-state index contributed by atoms with van der Waals surface area (Å²) in [5.41, 5.74) is 2.35. The normalized spacial score (nSPS) is 15.7. The molecule has 29 heavy (non-hydrogen) atoms. The van der Waals surface area contributed by atoms with E-state index in [0.717, 1.165) is 5.56 Å². The van der Waals surface area contributed by atoms with E-state index < -0.39 is 30.4 Å². The molecule has 1 aliphatic rings. The van der Waals surface area contributed by atoms with E-state index in [2.05, 4.69) is 16.0 Å². The molecule has 2 atom stereocenters. The van der Waals surface area contributed by atoms with Crippen LogP contribution in [0.4, 0.5) is 16.2 Å². The zero-order chi connectivity index (χ0) is 21.0. The minimum absolute atomic E-state index is 0.121. The third kappa shape index (κ3) is 4.78. The summed E-state index contributed by atoms with van der Waals surface area (Å²) < 4.78 is 5.02. The summed E-state index contributed by atoms with van der Waals surface area (Å²) in [6.45, 7) is 2.76. The van der Waals surface area contributed by atoms with Crippen LogP contribution in [0.25, 0.3) is 0 Å². The molecule has 0 aliphatic carbocycles. The minimum Gasteiger partial charge on any atom is -0.456 e.